The van der Waals surface area contributed by atoms with Crippen molar-refractivity contribution in [1.29, 1.82) is 0 Å². The fourth-order valence-corrected chi connectivity index (χ4v) is 6.83. The molecule has 0 bridgehead atoms. The summed E-state index contributed by atoms with van der Waals surface area (Å²) in [7, 11) is 0. The SMILES string of the molecule is CCOC(=O)C(=O)N1C[C@@H](C)CC[C@@H]1c1ccc2nn(CC)cc2c1.CCn1cc2cc([C@H]3CC[C@H](C)CN3C(=O)C(N)=O)ccc2n1. The van der Waals surface area contributed by atoms with E-state index < -0.39 is 23.7 Å². The Kier molecular flexibility index (Phi) is 10.8. The van der Waals surface area contributed by atoms with E-state index in [4.69, 9.17) is 10.5 Å². The zero-order chi connectivity index (χ0) is 34.5. The Bertz CT molecular complexity index is 1800. The number of aryl methyl sites for hydroxylation is 2. The monoisotopic (exact) mass is 657 g/mol. The highest BCUT2D eigenvalue weighted by atomic mass is 16.5. The van der Waals surface area contributed by atoms with Crippen LogP contribution >= 0.6 is 0 Å². The number of nitrogens with two attached hydrogens (primary N) is 1. The number of carbonyl (C=O) groups excluding carboxylic acids is 4. The molecule has 6 rings (SSSR count). The van der Waals surface area contributed by atoms with Crippen molar-refractivity contribution in [2.45, 2.75) is 85.5 Å². The molecular formula is C36H47N7O5. The lowest BCUT2D eigenvalue weighted by molar-refractivity contribution is -0.162. The van der Waals surface area contributed by atoms with Crippen molar-refractivity contribution in [2.75, 3.05) is 19.7 Å². The van der Waals surface area contributed by atoms with Gasteiger partial charge in [-0.15, -0.1) is 0 Å². The van der Waals surface area contributed by atoms with Crippen LogP contribution in [0.15, 0.2) is 48.8 Å². The van der Waals surface area contributed by atoms with E-state index in [-0.39, 0.29) is 18.7 Å². The van der Waals surface area contributed by atoms with Crippen LogP contribution in [0.1, 0.15) is 83.5 Å². The summed E-state index contributed by atoms with van der Waals surface area (Å²) < 4.78 is 8.72. The van der Waals surface area contributed by atoms with Gasteiger partial charge in [0.05, 0.1) is 29.7 Å². The Hall–Kier alpha value is -4.74. The third-order valence-corrected chi connectivity index (χ3v) is 9.39. The molecule has 2 aliphatic heterocycles. The van der Waals surface area contributed by atoms with Gasteiger partial charge >= 0.3 is 23.7 Å². The Morgan fingerprint density at radius 3 is 1.60 bits per heavy atom. The fraction of sp³-hybridized carbons (Fsp3) is 0.500. The van der Waals surface area contributed by atoms with Crippen molar-refractivity contribution >= 4 is 45.5 Å². The summed E-state index contributed by atoms with van der Waals surface area (Å²) in [6.45, 7) is 13.0. The average Bonchev–Trinajstić information content (AvgIpc) is 3.71. The molecule has 0 unspecified atom stereocenters. The summed E-state index contributed by atoms with van der Waals surface area (Å²) in [5, 5.41) is 11.1. The number of fused-ring (bicyclic) bond motifs is 2. The second-order valence-electron chi connectivity index (χ2n) is 13.0. The first kappa shape index (κ1) is 34.6. The maximum atomic E-state index is 12.6. The van der Waals surface area contributed by atoms with E-state index in [9.17, 15) is 19.2 Å². The van der Waals surface area contributed by atoms with Gasteiger partial charge in [0.1, 0.15) is 0 Å². The molecule has 3 amide bonds. The number of benzene rings is 2. The van der Waals surface area contributed by atoms with Crippen molar-refractivity contribution in [2.24, 2.45) is 17.6 Å². The van der Waals surface area contributed by atoms with Crippen LogP contribution in [0.25, 0.3) is 21.8 Å². The van der Waals surface area contributed by atoms with Gasteiger partial charge < -0.3 is 20.3 Å². The number of esters is 1. The van der Waals surface area contributed by atoms with Crippen LogP contribution in [-0.4, -0.2) is 72.7 Å². The minimum Gasteiger partial charge on any atom is -0.459 e. The summed E-state index contributed by atoms with van der Waals surface area (Å²) in [4.78, 5) is 51.4. The topological polar surface area (TPSA) is 146 Å². The zero-order valence-electron chi connectivity index (χ0n) is 28.6. The highest BCUT2D eigenvalue weighted by molar-refractivity contribution is 6.34. The molecule has 2 saturated heterocycles. The van der Waals surface area contributed by atoms with E-state index in [1.165, 1.54) is 0 Å². The van der Waals surface area contributed by atoms with Gasteiger partial charge in [-0.1, -0.05) is 26.0 Å². The number of aromatic nitrogens is 4. The van der Waals surface area contributed by atoms with E-state index in [0.717, 1.165) is 71.7 Å². The van der Waals surface area contributed by atoms with E-state index in [2.05, 4.69) is 43.1 Å². The summed E-state index contributed by atoms with van der Waals surface area (Å²) in [6.07, 6.45) is 7.77. The van der Waals surface area contributed by atoms with Crippen LogP contribution in [0.2, 0.25) is 0 Å². The zero-order valence-corrected chi connectivity index (χ0v) is 28.6. The highest BCUT2D eigenvalue weighted by Gasteiger charge is 2.35. The van der Waals surface area contributed by atoms with E-state index >= 15 is 0 Å². The van der Waals surface area contributed by atoms with Crippen molar-refractivity contribution in [1.82, 2.24) is 29.4 Å². The molecule has 12 nitrogen and oxygen atoms in total. The van der Waals surface area contributed by atoms with Gasteiger partial charge in [-0.05, 0) is 93.7 Å². The molecule has 0 saturated carbocycles. The average molecular weight is 658 g/mol. The number of primary amides is 1. The van der Waals surface area contributed by atoms with Gasteiger partial charge in [-0.25, -0.2) is 4.79 Å². The van der Waals surface area contributed by atoms with Crippen molar-refractivity contribution in [3.63, 3.8) is 0 Å². The smallest absolute Gasteiger partial charge is 0.397 e. The van der Waals surface area contributed by atoms with Crippen molar-refractivity contribution in [3.05, 3.63) is 59.9 Å². The number of likely N-dealkylation sites (tertiary alicyclic amines) is 2. The molecule has 4 heterocycles. The molecule has 4 atom stereocenters. The number of ether oxygens (including phenoxy) is 1. The first-order chi connectivity index (χ1) is 23.0. The quantitative estimate of drug-likeness (QED) is 0.241. The van der Waals surface area contributed by atoms with Crippen molar-refractivity contribution in [3.8, 4) is 0 Å². The van der Waals surface area contributed by atoms with E-state index in [0.29, 0.717) is 24.9 Å². The number of hydrogen-bond donors (Lipinski definition) is 1. The summed E-state index contributed by atoms with van der Waals surface area (Å²) >= 11 is 0. The first-order valence-corrected chi connectivity index (χ1v) is 17.0. The number of nitrogens with zero attached hydrogens (tertiary/aromatic N) is 6. The largest absolute Gasteiger partial charge is 0.459 e. The van der Waals surface area contributed by atoms with Gasteiger partial charge in [-0.3, -0.25) is 23.7 Å². The van der Waals surface area contributed by atoms with Crippen LogP contribution in [0.5, 0.6) is 0 Å². The molecular weight excluding hydrogens is 610 g/mol. The first-order valence-electron chi connectivity index (χ1n) is 17.0. The Morgan fingerprint density at radius 1 is 0.729 bits per heavy atom. The fourth-order valence-electron chi connectivity index (χ4n) is 6.83. The van der Waals surface area contributed by atoms with Gasteiger partial charge in [0.15, 0.2) is 0 Å². The van der Waals surface area contributed by atoms with Crippen LogP contribution in [0, 0.1) is 11.8 Å². The van der Waals surface area contributed by atoms with Gasteiger partial charge in [0, 0.05) is 49.3 Å². The molecule has 2 fully saturated rings. The third kappa shape index (κ3) is 7.53. The van der Waals surface area contributed by atoms with E-state index in [1.807, 2.05) is 52.9 Å². The second kappa shape index (κ2) is 15.0. The van der Waals surface area contributed by atoms with Crippen LogP contribution in [0.3, 0.4) is 0 Å². The maximum Gasteiger partial charge on any atom is 0.397 e. The summed E-state index contributed by atoms with van der Waals surface area (Å²) in [5.74, 6) is -2.03. The molecule has 256 valence electrons. The molecule has 2 N–H and O–H groups in total. The van der Waals surface area contributed by atoms with Crippen molar-refractivity contribution < 1.29 is 23.9 Å². The number of rotatable bonds is 5. The second-order valence-corrected chi connectivity index (χ2v) is 13.0. The molecule has 2 aromatic heterocycles. The standard InChI is InChI=1S/C19H25N3O3.C17H22N4O2/c1-4-21-12-15-10-14(7-8-16(15)20-21)17-9-6-13(3)11-22(17)18(23)19(24)25-5-2;1-3-20-10-13-8-12(5-6-14(13)19-20)15-7-4-11(2)9-21(15)17(23)16(18)22/h7-8,10,12-13,17H,4-6,9,11H2,1-3H3;5-6,8,10-11,15H,3-4,7,9H2,1-2H3,(H2,18,22)/t13-,17+;11-,15+/m00/s1. The summed E-state index contributed by atoms with van der Waals surface area (Å²) in [5.41, 5.74) is 9.19. The lowest BCUT2D eigenvalue weighted by Crippen LogP contribution is -2.46. The van der Waals surface area contributed by atoms with Crippen LogP contribution in [-0.2, 0) is 37.0 Å². The molecule has 2 aliphatic rings. The lowest BCUT2D eigenvalue weighted by Gasteiger charge is -2.38. The van der Waals surface area contributed by atoms with Crippen LogP contribution in [0.4, 0.5) is 0 Å². The predicted molar refractivity (Wildman–Crippen MR) is 182 cm³/mol. The number of carbonyl (C=O) groups is 4. The lowest BCUT2D eigenvalue weighted by atomic mass is 9.89. The predicted octanol–water partition coefficient (Wildman–Crippen LogP) is 4.76. The number of piperidine rings is 2. The molecule has 0 aliphatic carbocycles. The molecule has 0 radical (unpaired) electrons. The van der Waals surface area contributed by atoms with Crippen LogP contribution < -0.4 is 5.73 Å². The molecule has 48 heavy (non-hydrogen) atoms. The Morgan fingerprint density at radius 2 is 1.19 bits per heavy atom. The maximum absolute atomic E-state index is 12.6. The van der Waals surface area contributed by atoms with E-state index in [1.54, 1.807) is 16.7 Å². The molecule has 4 aromatic rings. The molecule has 2 aromatic carbocycles. The minimum atomic E-state index is -0.885. The van der Waals surface area contributed by atoms with Gasteiger partial charge in [0.25, 0.3) is 0 Å². The number of hydrogen-bond acceptors (Lipinski definition) is 7. The molecule has 12 heteroatoms. The normalized spacial score (nSPS) is 21.1. The highest BCUT2D eigenvalue weighted by Crippen LogP contribution is 2.36. The molecule has 0 spiro atoms. The summed E-state index contributed by atoms with van der Waals surface area (Å²) in [6, 6.07) is 11.9. The van der Waals surface area contributed by atoms with Gasteiger partial charge in [-0.2, -0.15) is 10.2 Å². The third-order valence-electron chi connectivity index (χ3n) is 9.39. The minimum absolute atomic E-state index is 0.0949. The van der Waals surface area contributed by atoms with Gasteiger partial charge in [0.2, 0.25) is 0 Å². The number of amides is 3. The Balaban J connectivity index is 0.000000188. The Labute approximate surface area is 281 Å².